The van der Waals surface area contributed by atoms with Crippen molar-refractivity contribution in [2.24, 2.45) is 0 Å². The van der Waals surface area contributed by atoms with Gasteiger partial charge in [0.2, 0.25) is 0 Å². The van der Waals surface area contributed by atoms with Gasteiger partial charge in [-0.3, -0.25) is 0 Å². The highest BCUT2D eigenvalue weighted by atomic mass is 35.5. The number of alkyl halides is 1. The van der Waals surface area contributed by atoms with E-state index in [0.29, 0.717) is 16.4 Å². The van der Waals surface area contributed by atoms with Crippen molar-refractivity contribution in [2.75, 3.05) is 0 Å². The minimum atomic E-state index is 0.368. The number of benzene rings is 1. The third-order valence-corrected chi connectivity index (χ3v) is 4.28. The molecule has 17 heavy (non-hydrogen) atoms. The Balaban J connectivity index is 1.85. The molecule has 1 aromatic rings. The van der Waals surface area contributed by atoms with Gasteiger partial charge in [0.15, 0.2) is 0 Å². The van der Waals surface area contributed by atoms with E-state index in [-0.39, 0.29) is 0 Å². The highest BCUT2D eigenvalue weighted by molar-refractivity contribution is 6.35. The van der Waals surface area contributed by atoms with Gasteiger partial charge in [-0.2, -0.15) is 0 Å². The standard InChI is InChI=1S/C13H16Cl3N/c14-10-3-5-12(6-4-10)17-8-9-1-2-11(15)7-13(9)16/h1-2,7,10,12,17H,3-6,8H2. The van der Waals surface area contributed by atoms with Crippen LogP contribution in [0, 0.1) is 0 Å². The maximum atomic E-state index is 6.12. The Hall–Kier alpha value is 0.0500. The largest absolute Gasteiger partial charge is 0.310 e. The van der Waals surface area contributed by atoms with Crippen molar-refractivity contribution in [1.82, 2.24) is 5.32 Å². The van der Waals surface area contributed by atoms with E-state index < -0.39 is 0 Å². The molecular formula is C13H16Cl3N. The number of rotatable bonds is 3. The molecule has 0 atom stereocenters. The second-order valence-electron chi connectivity index (χ2n) is 4.57. The Labute approximate surface area is 117 Å². The van der Waals surface area contributed by atoms with Crippen molar-refractivity contribution in [3.05, 3.63) is 33.8 Å². The zero-order chi connectivity index (χ0) is 12.3. The summed E-state index contributed by atoms with van der Waals surface area (Å²) >= 11 is 18.1. The van der Waals surface area contributed by atoms with Crippen molar-refractivity contribution in [1.29, 1.82) is 0 Å². The topological polar surface area (TPSA) is 12.0 Å². The van der Waals surface area contributed by atoms with Gasteiger partial charge in [-0.25, -0.2) is 0 Å². The number of halogens is 3. The van der Waals surface area contributed by atoms with Crippen molar-refractivity contribution < 1.29 is 0 Å². The lowest BCUT2D eigenvalue weighted by Gasteiger charge is -2.26. The maximum absolute atomic E-state index is 6.12. The molecule has 2 rings (SSSR count). The first-order valence-electron chi connectivity index (χ1n) is 5.96. The molecule has 0 radical (unpaired) electrons. The first-order valence-corrected chi connectivity index (χ1v) is 7.16. The summed E-state index contributed by atoms with van der Waals surface area (Å²) in [7, 11) is 0. The quantitative estimate of drug-likeness (QED) is 0.801. The van der Waals surface area contributed by atoms with Crippen LogP contribution in [-0.2, 0) is 6.54 Å². The Morgan fingerprint density at radius 1 is 1.12 bits per heavy atom. The minimum absolute atomic E-state index is 0.368. The molecule has 0 aliphatic heterocycles. The second kappa shape index (κ2) is 6.29. The van der Waals surface area contributed by atoms with Gasteiger partial charge < -0.3 is 5.32 Å². The Morgan fingerprint density at radius 3 is 2.47 bits per heavy atom. The molecule has 1 aliphatic rings. The average Bonchev–Trinajstić information content (AvgIpc) is 2.30. The van der Waals surface area contributed by atoms with Crippen molar-refractivity contribution in [3.8, 4) is 0 Å². The first kappa shape index (κ1) is 13.5. The first-order chi connectivity index (χ1) is 8.15. The molecule has 1 aliphatic carbocycles. The fourth-order valence-electron chi connectivity index (χ4n) is 2.18. The van der Waals surface area contributed by atoms with Crippen LogP contribution in [0.15, 0.2) is 18.2 Å². The lowest BCUT2D eigenvalue weighted by molar-refractivity contribution is 0.376. The van der Waals surface area contributed by atoms with Gasteiger partial charge in [0, 0.05) is 28.0 Å². The van der Waals surface area contributed by atoms with Crippen molar-refractivity contribution in [2.45, 2.75) is 43.6 Å². The van der Waals surface area contributed by atoms with Crippen LogP contribution in [0.4, 0.5) is 0 Å². The summed E-state index contributed by atoms with van der Waals surface area (Å²) in [5, 5.41) is 5.31. The molecule has 0 bridgehead atoms. The molecule has 1 nitrogen and oxygen atoms in total. The number of hydrogen-bond acceptors (Lipinski definition) is 1. The molecule has 1 N–H and O–H groups in total. The van der Waals surface area contributed by atoms with Gasteiger partial charge in [-0.1, -0.05) is 29.3 Å². The van der Waals surface area contributed by atoms with Gasteiger partial charge in [0.05, 0.1) is 0 Å². The van der Waals surface area contributed by atoms with E-state index in [1.165, 1.54) is 0 Å². The Bertz CT molecular complexity index is 373. The van der Waals surface area contributed by atoms with E-state index in [0.717, 1.165) is 42.8 Å². The lowest BCUT2D eigenvalue weighted by atomic mass is 9.95. The highest BCUT2D eigenvalue weighted by Crippen LogP contribution is 2.24. The number of nitrogens with one attached hydrogen (secondary N) is 1. The molecule has 0 unspecified atom stereocenters. The third-order valence-electron chi connectivity index (χ3n) is 3.25. The smallest absolute Gasteiger partial charge is 0.0465 e. The summed E-state index contributed by atoms with van der Waals surface area (Å²) in [6.07, 6.45) is 4.51. The van der Waals surface area contributed by atoms with E-state index in [1.807, 2.05) is 12.1 Å². The SMILES string of the molecule is Clc1ccc(CNC2CCC(Cl)CC2)c(Cl)c1. The van der Waals surface area contributed by atoms with Crippen molar-refractivity contribution >= 4 is 34.8 Å². The average molecular weight is 293 g/mol. The van der Waals surface area contributed by atoms with Gasteiger partial charge in [-0.05, 0) is 43.4 Å². The van der Waals surface area contributed by atoms with Crippen LogP contribution in [0.3, 0.4) is 0 Å². The molecule has 1 aromatic carbocycles. The number of hydrogen-bond donors (Lipinski definition) is 1. The van der Waals surface area contributed by atoms with E-state index in [1.54, 1.807) is 6.07 Å². The summed E-state index contributed by atoms with van der Waals surface area (Å²) in [4.78, 5) is 0. The van der Waals surface area contributed by atoms with Gasteiger partial charge in [0.1, 0.15) is 0 Å². The molecule has 94 valence electrons. The summed E-state index contributed by atoms with van der Waals surface area (Å²) < 4.78 is 0. The molecule has 4 heteroatoms. The fraction of sp³-hybridized carbons (Fsp3) is 0.538. The molecule has 1 saturated carbocycles. The maximum Gasteiger partial charge on any atom is 0.0465 e. The second-order valence-corrected chi connectivity index (χ2v) is 6.03. The Morgan fingerprint density at radius 2 is 1.82 bits per heavy atom. The predicted octanol–water partition coefficient (Wildman–Crippen LogP) is 4.63. The fourth-order valence-corrected chi connectivity index (χ4v) is 2.90. The van der Waals surface area contributed by atoms with Crippen LogP contribution in [0.2, 0.25) is 10.0 Å². The van der Waals surface area contributed by atoms with E-state index >= 15 is 0 Å². The monoisotopic (exact) mass is 291 g/mol. The third kappa shape index (κ3) is 4.03. The van der Waals surface area contributed by atoms with Crippen LogP contribution in [0.25, 0.3) is 0 Å². The van der Waals surface area contributed by atoms with Gasteiger partial charge >= 0.3 is 0 Å². The van der Waals surface area contributed by atoms with Crippen LogP contribution in [-0.4, -0.2) is 11.4 Å². The zero-order valence-electron chi connectivity index (χ0n) is 9.56. The molecule has 0 amide bonds. The van der Waals surface area contributed by atoms with E-state index in [2.05, 4.69) is 5.32 Å². The van der Waals surface area contributed by atoms with Crippen LogP contribution < -0.4 is 5.32 Å². The van der Waals surface area contributed by atoms with E-state index in [9.17, 15) is 0 Å². The zero-order valence-corrected chi connectivity index (χ0v) is 11.8. The summed E-state index contributed by atoms with van der Waals surface area (Å²) in [6.45, 7) is 0.799. The van der Waals surface area contributed by atoms with Gasteiger partial charge in [0.25, 0.3) is 0 Å². The van der Waals surface area contributed by atoms with Crippen LogP contribution in [0.5, 0.6) is 0 Å². The Kier molecular flexibility index (Phi) is 4.98. The molecule has 0 saturated heterocycles. The minimum Gasteiger partial charge on any atom is -0.310 e. The molecule has 0 spiro atoms. The van der Waals surface area contributed by atoms with E-state index in [4.69, 9.17) is 34.8 Å². The normalized spacial score (nSPS) is 24.9. The van der Waals surface area contributed by atoms with Crippen molar-refractivity contribution in [3.63, 3.8) is 0 Å². The summed E-state index contributed by atoms with van der Waals surface area (Å²) in [5.41, 5.74) is 1.10. The summed E-state index contributed by atoms with van der Waals surface area (Å²) in [5.74, 6) is 0. The molecule has 0 heterocycles. The van der Waals surface area contributed by atoms with Gasteiger partial charge in [-0.15, -0.1) is 11.6 Å². The molecule has 1 fully saturated rings. The van der Waals surface area contributed by atoms with Crippen LogP contribution >= 0.6 is 34.8 Å². The predicted molar refractivity (Wildman–Crippen MR) is 75.2 cm³/mol. The molecule has 0 aromatic heterocycles. The lowest BCUT2D eigenvalue weighted by Crippen LogP contribution is -2.33. The molecular weight excluding hydrogens is 277 g/mol. The van der Waals surface area contributed by atoms with Crippen LogP contribution in [0.1, 0.15) is 31.2 Å². The highest BCUT2D eigenvalue weighted by Gasteiger charge is 2.18. The summed E-state index contributed by atoms with van der Waals surface area (Å²) in [6, 6.07) is 6.21.